The Morgan fingerprint density at radius 2 is 0.682 bits per heavy atom. The summed E-state index contributed by atoms with van der Waals surface area (Å²) >= 11 is 0. The van der Waals surface area contributed by atoms with Crippen LogP contribution in [0.15, 0.2) is 225 Å². The maximum atomic E-state index is 13.7. The van der Waals surface area contributed by atoms with Gasteiger partial charge in [0.1, 0.15) is 69.3 Å². The van der Waals surface area contributed by atoms with Gasteiger partial charge in [-0.05, 0) is 275 Å². The lowest BCUT2D eigenvalue weighted by molar-refractivity contribution is 0.0925. The molecular weight excluding hydrogens is 1680 g/mol. The number of ether oxygens (including phenoxy) is 7. The Morgan fingerprint density at radius 1 is 0.341 bits per heavy atom. The number of β-amino-alcohol motifs (C(OH)–C–C–N with tert-alkyl or cyclic N) is 3. The number of aromatic nitrogens is 3. The summed E-state index contributed by atoms with van der Waals surface area (Å²) in [6.45, 7) is 14.1. The Morgan fingerprint density at radius 3 is 1.05 bits per heavy atom. The van der Waals surface area contributed by atoms with Crippen molar-refractivity contribution >= 4 is 11.6 Å². The molecule has 8 unspecified atom stereocenters. The number of aliphatic hydroxyl groups excluding tert-OH is 3. The summed E-state index contributed by atoms with van der Waals surface area (Å²) in [7, 11) is 3.32. The average molecular weight is 1810 g/mol. The van der Waals surface area contributed by atoms with Gasteiger partial charge in [-0.2, -0.15) is 0 Å². The average Bonchev–Trinajstić information content (AvgIpc) is 1.68. The molecule has 5 saturated heterocycles. The monoisotopic (exact) mass is 1800 g/mol. The lowest BCUT2D eigenvalue weighted by Crippen LogP contribution is -2.30. The van der Waals surface area contributed by atoms with Gasteiger partial charge in [-0.3, -0.25) is 44.1 Å². The quantitative estimate of drug-likeness (QED) is 0.0222. The number of methoxy groups -OCH3 is 2. The number of rotatable bonds is 27. The summed E-state index contributed by atoms with van der Waals surface area (Å²) in [5.74, 6) is 10.8. The van der Waals surface area contributed by atoms with Crippen LogP contribution in [-0.2, 0) is 0 Å². The van der Waals surface area contributed by atoms with Crippen molar-refractivity contribution in [2.24, 2.45) is 59.2 Å². The minimum absolute atomic E-state index is 0.000783. The Bertz CT molecular complexity index is 5320. The largest absolute Gasteiger partial charge is 0.508 e. The molecule has 0 spiro atoms. The number of carbonyl (C=O) groups is 2. The lowest BCUT2D eigenvalue weighted by Gasteiger charge is -2.22. The summed E-state index contributed by atoms with van der Waals surface area (Å²) in [6, 6.07) is 58.8. The van der Waals surface area contributed by atoms with Gasteiger partial charge in [0, 0.05) is 108 Å². The number of fused-ring (bicyclic) bond motifs is 5. The SMILES string of the molecule is COc1cccc(OC2C[C@@H]3CN(CC(=O)c4ccc(O)cn4)C[C@@H]3C2)c1.COc1cccc(OC2C[C@@H]3CN(CC(O)c4ccc(O)cn4)C[C@@H]3C2)c1.Cc1ccc(OC2C[C@@H]3CN(CC(O)c4ccc(O)cc4)C[C@@H]3C2)cn1.O=C(CN1C[C@H]2CC(Oc3ccccc3F)C[C@H]2C1)c1ccc(O)cc1.Oc1ccc(C(O)CN2C[C@H]3CC(Oc4ccccc4F)C[C@H]3C2)cc1. The van der Waals surface area contributed by atoms with Crippen LogP contribution in [0.2, 0.25) is 0 Å². The number of ketones is 2. The first-order valence-electron chi connectivity index (χ1n) is 46.4. The molecule has 27 heteroatoms. The first-order valence-corrected chi connectivity index (χ1v) is 46.4. The molecule has 3 aromatic heterocycles. The number of phenolic OH excluding ortho intramolecular Hbond substituents is 3. The topological polar surface area (TPSA) is 315 Å². The van der Waals surface area contributed by atoms with Crippen molar-refractivity contribution in [2.75, 3.05) is 112 Å². The Hall–Kier alpha value is -11.5. The van der Waals surface area contributed by atoms with Crippen LogP contribution in [-0.4, -0.2) is 235 Å². The number of aliphatic hydroxyl groups is 3. The van der Waals surface area contributed by atoms with Gasteiger partial charge in [-0.15, -0.1) is 0 Å². The third-order valence-electron chi connectivity index (χ3n) is 28.0. The highest BCUT2D eigenvalue weighted by Crippen LogP contribution is 2.46. The molecule has 20 rings (SSSR count). The van der Waals surface area contributed by atoms with Crippen LogP contribution >= 0.6 is 0 Å². The van der Waals surface area contributed by atoms with E-state index in [0.29, 0.717) is 120 Å². The number of likely N-dealkylation sites (tertiary alicyclic amines) is 5. The van der Waals surface area contributed by atoms with Crippen LogP contribution in [0.5, 0.6) is 69.0 Å². The van der Waals surface area contributed by atoms with Gasteiger partial charge in [0.2, 0.25) is 0 Å². The Kier molecular flexibility index (Phi) is 31.1. The summed E-state index contributed by atoms with van der Waals surface area (Å²) in [6.07, 6.45) is 13.6. The fraction of sp³-hybridized carbons (Fsp3) is 0.438. The van der Waals surface area contributed by atoms with E-state index >= 15 is 0 Å². The number of hydrogen-bond donors (Lipinski definition) is 8. The van der Waals surface area contributed by atoms with Crippen LogP contribution in [0.3, 0.4) is 0 Å². The molecule has 10 aromatic rings. The highest BCUT2D eigenvalue weighted by molar-refractivity contribution is 5.97. The zero-order chi connectivity index (χ0) is 91.9. The summed E-state index contributed by atoms with van der Waals surface area (Å²) in [5, 5.41) is 77.9. The Labute approximate surface area is 770 Å². The maximum absolute atomic E-state index is 13.7. The van der Waals surface area contributed by atoms with Crippen LogP contribution in [0.1, 0.15) is 126 Å². The highest BCUT2D eigenvalue weighted by atomic mass is 19.1. The van der Waals surface area contributed by atoms with Gasteiger partial charge < -0.3 is 74.0 Å². The normalized spacial score (nSPS) is 25.8. The summed E-state index contributed by atoms with van der Waals surface area (Å²) in [4.78, 5) is 48.6. The zero-order valence-corrected chi connectivity index (χ0v) is 75.0. The van der Waals surface area contributed by atoms with Crippen molar-refractivity contribution in [2.45, 2.75) is 120 Å². The van der Waals surface area contributed by atoms with E-state index in [4.69, 9.17) is 33.2 Å². The number of carbonyl (C=O) groups excluding carboxylic acids is 2. The second-order valence-electron chi connectivity index (χ2n) is 37.5. The number of aromatic hydroxyl groups is 5. The van der Waals surface area contributed by atoms with E-state index in [-0.39, 0.29) is 82.5 Å². The first-order chi connectivity index (χ1) is 63.9. The predicted octanol–water partition coefficient (Wildman–Crippen LogP) is 15.2. The molecule has 10 fully saturated rings. The molecule has 0 bridgehead atoms. The molecule has 18 atom stereocenters. The minimum Gasteiger partial charge on any atom is -0.508 e. The van der Waals surface area contributed by atoms with Crippen molar-refractivity contribution in [1.82, 2.24) is 39.5 Å². The van der Waals surface area contributed by atoms with Crippen molar-refractivity contribution < 1.29 is 92.4 Å². The molecule has 25 nitrogen and oxygen atoms in total. The third kappa shape index (κ3) is 25.2. The van der Waals surface area contributed by atoms with Crippen LogP contribution in [0, 0.1) is 77.7 Å². The summed E-state index contributed by atoms with van der Waals surface area (Å²) < 4.78 is 68.2. The van der Waals surface area contributed by atoms with Crippen molar-refractivity contribution in [3.63, 3.8) is 0 Å². The van der Waals surface area contributed by atoms with E-state index in [0.717, 1.165) is 175 Å². The molecule has 8 N–H and O–H groups in total. The third-order valence-corrected chi connectivity index (χ3v) is 28.0. The van der Waals surface area contributed by atoms with Gasteiger partial charge in [-0.1, -0.05) is 60.7 Å². The molecule has 0 amide bonds. The van der Waals surface area contributed by atoms with E-state index in [9.17, 15) is 59.2 Å². The highest BCUT2D eigenvalue weighted by Gasteiger charge is 2.48. The molecule has 5 aliphatic heterocycles. The fourth-order valence-corrected chi connectivity index (χ4v) is 21.6. The first kappa shape index (κ1) is 93.7. The second kappa shape index (κ2) is 43.9. The van der Waals surface area contributed by atoms with Gasteiger partial charge >= 0.3 is 0 Å². The van der Waals surface area contributed by atoms with E-state index in [1.54, 1.807) is 129 Å². The molecule has 0 radical (unpaired) electrons. The smallest absolute Gasteiger partial charge is 0.195 e. The molecule has 132 heavy (non-hydrogen) atoms. The molecule has 7 aromatic carbocycles. The van der Waals surface area contributed by atoms with Crippen molar-refractivity contribution in [1.29, 1.82) is 0 Å². The molecule has 10 aliphatic rings. The van der Waals surface area contributed by atoms with Gasteiger partial charge in [0.25, 0.3) is 0 Å². The number of hydrogen-bond acceptors (Lipinski definition) is 25. The van der Waals surface area contributed by atoms with Crippen LogP contribution in [0.4, 0.5) is 8.78 Å². The van der Waals surface area contributed by atoms with E-state index in [1.165, 1.54) is 42.7 Å². The number of Topliss-reactive ketones (excluding diaryl/α,β-unsaturated/α-hetero) is 2. The molecule has 5 saturated carbocycles. The number of pyridine rings is 3. The maximum Gasteiger partial charge on any atom is 0.195 e. The molecular formula is C105H122F2N8O17. The van der Waals surface area contributed by atoms with Gasteiger partial charge in [0.05, 0.1) is 94.3 Å². The summed E-state index contributed by atoms with van der Waals surface area (Å²) in [5.41, 5.74) is 4.31. The molecule has 698 valence electrons. The van der Waals surface area contributed by atoms with Crippen molar-refractivity contribution in [3.8, 4) is 69.0 Å². The molecule has 5 aliphatic carbocycles. The van der Waals surface area contributed by atoms with Crippen molar-refractivity contribution in [3.05, 3.63) is 270 Å². The van der Waals surface area contributed by atoms with E-state index in [2.05, 4.69) is 39.5 Å². The Balaban J connectivity index is 0.000000120. The number of halogens is 2. The predicted molar refractivity (Wildman–Crippen MR) is 493 cm³/mol. The number of para-hydroxylation sites is 2. The van der Waals surface area contributed by atoms with Gasteiger partial charge in [0.15, 0.2) is 34.7 Å². The zero-order valence-electron chi connectivity index (χ0n) is 75.0. The number of phenols is 3. The minimum atomic E-state index is -0.631. The fourth-order valence-electron chi connectivity index (χ4n) is 21.6. The van der Waals surface area contributed by atoms with E-state index < -0.39 is 18.3 Å². The van der Waals surface area contributed by atoms with Crippen LogP contribution < -0.4 is 33.2 Å². The number of aryl methyl sites for hydroxylation is 1. The number of benzene rings is 7. The second-order valence-corrected chi connectivity index (χ2v) is 37.5. The van der Waals surface area contributed by atoms with E-state index in [1.807, 2.05) is 73.8 Å². The van der Waals surface area contributed by atoms with Gasteiger partial charge in [-0.25, -0.2) is 13.8 Å². The lowest BCUT2D eigenvalue weighted by atomic mass is 10.0. The standard InChI is InChI=1S/C21H24FNO3.C21H22FNO3.C21H26N2O4.C21H24N2O4.C21H26N2O3/c2*22-19-3-1-2-4-21(19)26-18-9-15-11-23(12-16(15)10-18)13-20(25)14-5-7-17(24)8-6-14;2*1-26-17-3-2-4-18(9-17)27-19-7-14-11-23(12-15(14)8-19)13-21(25)20-6-5-16(24)10-22-20;1-14-2-7-19(10-22-14)26-20-8-16-11-23(12-17(16)9-20)13-21(25)15-3-5-18(24)6-4-15/h1-8,15-16,18,20,24-25H,9-13H2;1-8,15-16,18,24H,9-13H2;2-6,9-10,14-15,19,21,24-25H,7-8,11-13H2,1H3;2-6,9-10,14-15,19,24H,7-8,11-13H2,1H3;2-7,10,16-17,20-21,24-25H,8-9,11-13H2,1H3/t15-,16+,18?,20?;15-,16+,18?;14-,15+,19?,21?;14-,15+,19?;16-,17+,20?,21?. The molecule has 8 heterocycles. The van der Waals surface area contributed by atoms with Crippen LogP contribution in [0.25, 0.3) is 0 Å². The number of nitrogens with zero attached hydrogens (tertiary/aromatic N) is 8.